The lowest BCUT2D eigenvalue weighted by atomic mass is 9.99. The molecule has 0 aromatic heterocycles. The van der Waals surface area contributed by atoms with Crippen LogP contribution < -0.4 is 4.74 Å². The molecule has 1 unspecified atom stereocenters. The van der Waals surface area contributed by atoms with Crippen LogP contribution in [0.3, 0.4) is 0 Å². The Kier molecular flexibility index (Phi) is 6.52. The zero-order valence-electron chi connectivity index (χ0n) is 13.4. The normalized spacial score (nSPS) is 18.6. The topological polar surface area (TPSA) is 32.7 Å². The summed E-state index contributed by atoms with van der Waals surface area (Å²) in [5.74, 6) is 1.80. The van der Waals surface area contributed by atoms with Crippen molar-refractivity contribution in [2.75, 3.05) is 26.2 Å². The predicted molar refractivity (Wildman–Crippen MR) is 86.6 cm³/mol. The van der Waals surface area contributed by atoms with Gasteiger partial charge in [-0.3, -0.25) is 0 Å². The van der Waals surface area contributed by atoms with Gasteiger partial charge in [0.2, 0.25) is 0 Å². The van der Waals surface area contributed by atoms with Gasteiger partial charge < -0.3 is 14.7 Å². The third kappa shape index (κ3) is 5.33. The minimum Gasteiger partial charge on any atom is -0.494 e. The zero-order chi connectivity index (χ0) is 15.1. The number of piperidine rings is 1. The molecule has 1 saturated heterocycles. The van der Waals surface area contributed by atoms with Gasteiger partial charge in [-0.05, 0) is 62.4 Å². The fraction of sp³-hybridized carbons (Fsp3) is 0.667. The van der Waals surface area contributed by atoms with Crippen molar-refractivity contribution in [3.05, 3.63) is 29.8 Å². The molecule has 1 atom stereocenters. The van der Waals surface area contributed by atoms with E-state index in [0.717, 1.165) is 43.2 Å². The first-order chi connectivity index (χ1) is 10.2. The molecule has 0 radical (unpaired) electrons. The van der Waals surface area contributed by atoms with Crippen molar-refractivity contribution in [2.24, 2.45) is 5.92 Å². The molecule has 1 aromatic rings. The van der Waals surface area contributed by atoms with Crippen LogP contribution in [0.2, 0.25) is 0 Å². The van der Waals surface area contributed by atoms with Crippen LogP contribution in [0.1, 0.15) is 51.2 Å². The number of hydrogen-bond donors (Lipinski definition) is 1. The molecule has 118 valence electrons. The highest BCUT2D eigenvalue weighted by Crippen LogP contribution is 2.20. The molecule has 3 nitrogen and oxygen atoms in total. The Morgan fingerprint density at radius 1 is 1.24 bits per heavy atom. The van der Waals surface area contributed by atoms with Gasteiger partial charge in [-0.1, -0.05) is 26.0 Å². The molecule has 1 fully saturated rings. The van der Waals surface area contributed by atoms with Crippen molar-refractivity contribution < 1.29 is 9.84 Å². The quantitative estimate of drug-likeness (QED) is 0.779. The molecule has 0 amide bonds. The summed E-state index contributed by atoms with van der Waals surface area (Å²) >= 11 is 0. The molecule has 1 N–H and O–H groups in total. The fourth-order valence-electron chi connectivity index (χ4n) is 2.79. The minimum absolute atomic E-state index is 0.361. The van der Waals surface area contributed by atoms with Crippen molar-refractivity contribution in [1.82, 2.24) is 4.90 Å². The molecule has 0 saturated carbocycles. The maximum absolute atomic E-state index is 9.75. The molecule has 0 aliphatic carbocycles. The van der Waals surface area contributed by atoms with Crippen LogP contribution in [0.5, 0.6) is 5.75 Å². The molecule has 2 rings (SSSR count). The summed E-state index contributed by atoms with van der Waals surface area (Å²) in [5, 5.41) is 9.75. The molecule has 1 aromatic carbocycles. The molecular formula is C18H29NO2. The van der Waals surface area contributed by atoms with Gasteiger partial charge >= 0.3 is 0 Å². The molecule has 1 aliphatic heterocycles. The standard InChI is InChI=1S/C18H29NO2/c1-3-18(20)16-5-7-17(8-6-16)21-14-4-11-19-12-9-15(2)10-13-19/h5-8,15,18,20H,3-4,9-14H2,1-2H3. The number of likely N-dealkylation sites (tertiary alicyclic amines) is 1. The van der Waals surface area contributed by atoms with Gasteiger partial charge in [0.15, 0.2) is 0 Å². The number of aliphatic hydroxyl groups excluding tert-OH is 1. The van der Waals surface area contributed by atoms with Gasteiger partial charge in [-0.2, -0.15) is 0 Å². The molecule has 1 heterocycles. The van der Waals surface area contributed by atoms with Crippen LogP contribution in [-0.2, 0) is 0 Å². The summed E-state index contributed by atoms with van der Waals surface area (Å²) in [6.07, 6.45) is 4.13. The lowest BCUT2D eigenvalue weighted by Gasteiger charge is -2.30. The van der Waals surface area contributed by atoms with Crippen LogP contribution in [0.4, 0.5) is 0 Å². The van der Waals surface area contributed by atoms with Gasteiger partial charge in [0.05, 0.1) is 12.7 Å². The lowest BCUT2D eigenvalue weighted by molar-refractivity contribution is 0.173. The Morgan fingerprint density at radius 3 is 2.52 bits per heavy atom. The number of benzene rings is 1. The van der Waals surface area contributed by atoms with Gasteiger partial charge in [0.1, 0.15) is 5.75 Å². The second-order valence-corrected chi connectivity index (χ2v) is 6.22. The van der Waals surface area contributed by atoms with Crippen molar-refractivity contribution in [1.29, 1.82) is 0 Å². The first-order valence-electron chi connectivity index (χ1n) is 8.32. The third-order valence-corrected chi connectivity index (χ3v) is 4.42. The van der Waals surface area contributed by atoms with Crippen LogP contribution in [0.15, 0.2) is 24.3 Å². The van der Waals surface area contributed by atoms with Crippen molar-refractivity contribution in [3.8, 4) is 5.75 Å². The molecule has 0 spiro atoms. The first kappa shape index (κ1) is 16.3. The molecular weight excluding hydrogens is 262 g/mol. The first-order valence-corrected chi connectivity index (χ1v) is 8.32. The van der Waals surface area contributed by atoms with E-state index < -0.39 is 0 Å². The fourth-order valence-corrected chi connectivity index (χ4v) is 2.79. The van der Waals surface area contributed by atoms with E-state index in [2.05, 4.69) is 11.8 Å². The smallest absolute Gasteiger partial charge is 0.119 e. The summed E-state index contributed by atoms with van der Waals surface area (Å²) in [6, 6.07) is 7.82. The maximum atomic E-state index is 9.75. The number of ether oxygens (including phenoxy) is 1. The van der Waals surface area contributed by atoms with E-state index in [9.17, 15) is 5.11 Å². The van der Waals surface area contributed by atoms with Crippen LogP contribution in [0, 0.1) is 5.92 Å². The van der Waals surface area contributed by atoms with Crippen LogP contribution in [-0.4, -0.2) is 36.2 Å². The predicted octanol–water partition coefficient (Wildman–Crippen LogP) is 3.63. The number of hydrogen-bond acceptors (Lipinski definition) is 3. The van der Waals surface area contributed by atoms with E-state index >= 15 is 0 Å². The Hall–Kier alpha value is -1.06. The highest BCUT2D eigenvalue weighted by molar-refractivity contribution is 5.28. The minimum atomic E-state index is -0.361. The second-order valence-electron chi connectivity index (χ2n) is 6.22. The van der Waals surface area contributed by atoms with Gasteiger partial charge in [-0.25, -0.2) is 0 Å². The number of nitrogens with zero attached hydrogens (tertiary/aromatic N) is 1. The Bertz CT molecular complexity index is 396. The summed E-state index contributed by atoms with van der Waals surface area (Å²) in [5.41, 5.74) is 0.965. The average Bonchev–Trinajstić information content (AvgIpc) is 2.53. The highest BCUT2D eigenvalue weighted by Gasteiger charge is 2.14. The summed E-state index contributed by atoms with van der Waals surface area (Å²) < 4.78 is 5.78. The Balaban J connectivity index is 1.64. The van der Waals surface area contributed by atoms with Gasteiger partial charge in [0.25, 0.3) is 0 Å². The van der Waals surface area contributed by atoms with E-state index in [-0.39, 0.29) is 6.10 Å². The van der Waals surface area contributed by atoms with Gasteiger partial charge in [-0.15, -0.1) is 0 Å². The maximum Gasteiger partial charge on any atom is 0.119 e. The summed E-state index contributed by atoms with van der Waals surface area (Å²) in [4.78, 5) is 2.55. The monoisotopic (exact) mass is 291 g/mol. The van der Waals surface area contributed by atoms with E-state index in [1.165, 1.54) is 25.9 Å². The molecule has 3 heteroatoms. The molecule has 0 bridgehead atoms. The van der Waals surface area contributed by atoms with E-state index in [4.69, 9.17) is 4.74 Å². The SMILES string of the molecule is CCC(O)c1ccc(OCCCN2CCC(C)CC2)cc1. The van der Waals surface area contributed by atoms with E-state index in [0.29, 0.717) is 0 Å². The number of aliphatic hydroxyl groups is 1. The third-order valence-electron chi connectivity index (χ3n) is 4.42. The highest BCUT2D eigenvalue weighted by atomic mass is 16.5. The largest absolute Gasteiger partial charge is 0.494 e. The van der Waals surface area contributed by atoms with Crippen molar-refractivity contribution in [2.45, 2.75) is 45.6 Å². The summed E-state index contributed by atoms with van der Waals surface area (Å²) in [7, 11) is 0. The van der Waals surface area contributed by atoms with Crippen LogP contribution in [0.25, 0.3) is 0 Å². The number of rotatable bonds is 7. The van der Waals surface area contributed by atoms with E-state index in [1.54, 1.807) is 0 Å². The van der Waals surface area contributed by atoms with Crippen molar-refractivity contribution >= 4 is 0 Å². The van der Waals surface area contributed by atoms with E-state index in [1.807, 2.05) is 31.2 Å². The zero-order valence-corrected chi connectivity index (χ0v) is 13.4. The average molecular weight is 291 g/mol. The molecule has 21 heavy (non-hydrogen) atoms. The van der Waals surface area contributed by atoms with Crippen LogP contribution >= 0.6 is 0 Å². The van der Waals surface area contributed by atoms with Gasteiger partial charge in [0, 0.05) is 6.54 Å². The summed E-state index contributed by atoms with van der Waals surface area (Å²) in [6.45, 7) is 8.71. The molecule has 1 aliphatic rings. The van der Waals surface area contributed by atoms with Crippen molar-refractivity contribution in [3.63, 3.8) is 0 Å². The lowest BCUT2D eigenvalue weighted by Crippen LogP contribution is -2.34. The Morgan fingerprint density at radius 2 is 1.90 bits per heavy atom. The second kappa shape index (κ2) is 8.40. The Labute approximate surface area is 128 Å².